The van der Waals surface area contributed by atoms with Gasteiger partial charge in [-0.25, -0.2) is 9.18 Å². The van der Waals surface area contributed by atoms with E-state index in [1.165, 1.54) is 6.07 Å². The molecule has 5 heteroatoms. The lowest BCUT2D eigenvalue weighted by Crippen LogP contribution is -2.03. The minimum atomic E-state index is -0.377. The van der Waals surface area contributed by atoms with Crippen LogP contribution in [0, 0.1) is 12.7 Å². The average Bonchev–Trinajstić information content (AvgIpc) is 2.63. The van der Waals surface area contributed by atoms with Gasteiger partial charge in [0, 0.05) is 16.5 Å². The summed E-state index contributed by atoms with van der Waals surface area (Å²) in [7, 11) is 0. The van der Waals surface area contributed by atoms with Gasteiger partial charge in [-0.1, -0.05) is 36.4 Å². The Morgan fingerprint density at radius 1 is 0.923 bits per heavy atom. The second-order valence-corrected chi connectivity index (χ2v) is 5.88. The number of hydrogen-bond acceptors (Lipinski definition) is 3. The monoisotopic (exact) mass is 352 g/mol. The lowest BCUT2D eigenvalue weighted by Gasteiger charge is -2.12. The molecule has 0 unspecified atom stereocenters. The third kappa shape index (κ3) is 2.93. The maximum absolute atomic E-state index is 13.7. The molecular weight excluding hydrogens is 335 g/mol. The predicted molar refractivity (Wildman–Crippen MR) is 99.1 cm³/mol. The van der Waals surface area contributed by atoms with E-state index in [2.05, 4.69) is 0 Å². The molecule has 0 aliphatic carbocycles. The Balaban J connectivity index is 0.00000196. The summed E-state index contributed by atoms with van der Waals surface area (Å²) in [6.07, 6.45) is 0. The number of halogens is 1. The van der Waals surface area contributed by atoms with Crippen LogP contribution >= 0.6 is 0 Å². The fraction of sp³-hybridized carbons (Fsp3) is 0.0952. The summed E-state index contributed by atoms with van der Waals surface area (Å²) in [4.78, 5) is 12.2. The lowest BCUT2D eigenvalue weighted by molar-refractivity contribution is 0.297. The van der Waals surface area contributed by atoms with Crippen LogP contribution < -0.4 is 10.4 Å². The van der Waals surface area contributed by atoms with Gasteiger partial charge >= 0.3 is 5.63 Å². The van der Waals surface area contributed by atoms with Crippen molar-refractivity contribution in [2.45, 2.75) is 13.5 Å². The maximum atomic E-state index is 13.7. The molecule has 132 valence electrons. The first-order valence-electron chi connectivity index (χ1n) is 7.96. The van der Waals surface area contributed by atoms with Crippen molar-refractivity contribution in [3.05, 3.63) is 88.0 Å². The Morgan fingerprint density at radius 2 is 1.62 bits per heavy atom. The van der Waals surface area contributed by atoms with E-state index in [0.29, 0.717) is 22.3 Å². The molecule has 0 bridgehead atoms. The van der Waals surface area contributed by atoms with Crippen LogP contribution in [0.2, 0.25) is 0 Å². The highest BCUT2D eigenvalue weighted by Gasteiger charge is 2.13. The number of ether oxygens (including phenoxy) is 1. The molecule has 0 amide bonds. The molecule has 4 rings (SSSR count). The summed E-state index contributed by atoms with van der Waals surface area (Å²) in [6, 6.07) is 17.5. The molecule has 0 aliphatic rings. The van der Waals surface area contributed by atoms with Crippen LogP contribution in [0.25, 0.3) is 21.7 Å². The number of aryl methyl sites for hydroxylation is 1. The first-order chi connectivity index (χ1) is 12.1. The van der Waals surface area contributed by atoms with Gasteiger partial charge in [0.2, 0.25) is 0 Å². The van der Waals surface area contributed by atoms with Gasteiger partial charge in [-0.2, -0.15) is 0 Å². The van der Waals surface area contributed by atoms with Crippen molar-refractivity contribution in [3.63, 3.8) is 0 Å². The van der Waals surface area contributed by atoms with Gasteiger partial charge in [0.1, 0.15) is 23.8 Å². The average molecular weight is 352 g/mol. The Morgan fingerprint density at radius 3 is 2.38 bits per heavy atom. The summed E-state index contributed by atoms with van der Waals surface area (Å²) in [5.41, 5.74) is 1.31. The minimum absolute atomic E-state index is 0. The van der Waals surface area contributed by atoms with Crippen LogP contribution in [-0.2, 0) is 6.61 Å². The standard InChI is InChI=1S/C21H15FO3.H2O/c1-13-19(24-12-14-6-2-5-9-18(14)22)11-10-16-15-7-3-4-8-17(15)21(23)25-20(13)16;/h2-11H,12H2,1H3;1H2. The molecular formula is C21H17FO4. The lowest BCUT2D eigenvalue weighted by atomic mass is 10.0. The molecule has 0 spiro atoms. The van der Waals surface area contributed by atoms with E-state index < -0.39 is 0 Å². The molecule has 3 aromatic carbocycles. The Kier molecular flexibility index (Phi) is 4.73. The number of rotatable bonds is 3. The van der Waals surface area contributed by atoms with Crippen molar-refractivity contribution in [1.82, 2.24) is 0 Å². The summed E-state index contributed by atoms with van der Waals surface area (Å²) in [5, 5.41) is 2.25. The zero-order chi connectivity index (χ0) is 17.4. The smallest absolute Gasteiger partial charge is 0.344 e. The van der Waals surface area contributed by atoms with Crippen molar-refractivity contribution in [3.8, 4) is 5.75 Å². The van der Waals surface area contributed by atoms with Crippen molar-refractivity contribution in [1.29, 1.82) is 0 Å². The second kappa shape index (κ2) is 6.98. The molecule has 1 aromatic heterocycles. The summed E-state index contributed by atoms with van der Waals surface area (Å²) in [5.74, 6) is 0.257. The highest BCUT2D eigenvalue weighted by molar-refractivity contribution is 6.05. The second-order valence-electron chi connectivity index (χ2n) is 5.88. The van der Waals surface area contributed by atoms with Gasteiger partial charge < -0.3 is 14.6 Å². The summed E-state index contributed by atoms with van der Waals surface area (Å²) >= 11 is 0. The fourth-order valence-electron chi connectivity index (χ4n) is 2.99. The largest absolute Gasteiger partial charge is 0.488 e. The molecule has 2 N–H and O–H groups in total. The van der Waals surface area contributed by atoms with E-state index in [1.807, 2.05) is 37.3 Å². The SMILES string of the molecule is Cc1c(OCc2ccccc2F)ccc2c1oc(=O)c1ccccc12.O. The van der Waals surface area contributed by atoms with Gasteiger partial charge in [0.25, 0.3) is 0 Å². The van der Waals surface area contributed by atoms with Crippen LogP contribution in [0.3, 0.4) is 0 Å². The van der Waals surface area contributed by atoms with Gasteiger partial charge in [-0.15, -0.1) is 0 Å². The molecule has 26 heavy (non-hydrogen) atoms. The molecule has 0 radical (unpaired) electrons. The molecule has 1 heterocycles. The van der Waals surface area contributed by atoms with Gasteiger partial charge in [-0.3, -0.25) is 0 Å². The number of benzene rings is 3. The van der Waals surface area contributed by atoms with Crippen LogP contribution in [0.15, 0.2) is 69.9 Å². The van der Waals surface area contributed by atoms with Crippen molar-refractivity contribution in [2.75, 3.05) is 0 Å². The van der Waals surface area contributed by atoms with E-state index in [4.69, 9.17) is 9.15 Å². The third-order valence-electron chi connectivity index (χ3n) is 4.33. The zero-order valence-electron chi connectivity index (χ0n) is 14.1. The molecule has 0 aliphatic heterocycles. The summed E-state index contributed by atoms with van der Waals surface area (Å²) in [6.45, 7) is 1.94. The Hall–Kier alpha value is -3.18. The van der Waals surface area contributed by atoms with Crippen LogP contribution in [0.5, 0.6) is 5.75 Å². The highest BCUT2D eigenvalue weighted by Crippen LogP contribution is 2.31. The number of fused-ring (bicyclic) bond motifs is 3. The van der Waals surface area contributed by atoms with Crippen LogP contribution in [0.4, 0.5) is 4.39 Å². The molecule has 4 nitrogen and oxygen atoms in total. The van der Waals surface area contributed by atoms with Crippen molar-refractivity contribution in [2.24, 2.45) is 0 Å². The van der Waals surface area contributed by atoms with E-state index >= 15 is 0 Å². The third-order valence-corrected chi connectivity index (χ3v) is 4.33. The summed E-state index contributed by atoms with van der Waals surface area (Å²) < 4.78 is 25.0. The molecule has 0 saturated carbocycles. The Labute approximate surface area is 148 Å². The van der Waals surface area contributed by atoms with E-state index in [-0.39, 0.29) is 23.5 Å². The Bertz CT molecular complexity index is 1150. The molecule has 4 aromatic rings. The molecule has 0 atom stereocenters. The zero-order valence-corrected chi connectivity index (χ0v) is 14.1. The van der Waals surface area contributed by atoms with Gasteiger partial charge in [-0.05, 0) is 36.6 Å². The predicted octanol–water partition coefficient (Wildman–Crippen LogP) is 4.15. The van der Waals surface area contributed by atoms with Gasteiger partial charge in [0.05, 0.1) is 5.39 Å². The van der Waals surface area contributed by atoms with Crippen LogP contribution in [0.1, 0.15) is 11.1 Å². The molecule has 0 fully saturated rings. The fourth-order valence-corrected chi connectivity index (χ4v) is 2.99. The topological polar surface area (TPSA) is 70.9 Å². The quantitative estimate of drug-likeness (QED) is 0.411. The van der Waals surface area contributed by atoms with Gasteiger partial charge in [0.15, 0.2) is 0 Å². The van der Waals surface area contributed by atoms with Crippen LogP contribution in [-0.4, -0.2) is 5.48 Å². The van der Waals surface area contributed by atoms with E-state index in [9.17, 15) is 9.18 Å². The normalized spacial score (nSPS) is 10.7. The minimum Gasteiger partial charge on any atom is -0.488 e. The maximum Gasteiger partial charge on any atom is 0.344 e. The highest BCUT2D eigenvalue weighted by atomic mass is 19.1. The van der Waals surface area contributed by atoms with Crippen molar-refractivity contribution >= 4 is 21.7 Å². The first-order valence-corrected chi connectivity index (χ1v) is 7.96. The first kappa shape index (κ1) is 17.6. The van der Waals surface area contributed by atoms with Crippen molar-refractivity contribution < 1.29 is 19.0 Å². The number of hydrogen-bond donors (Lipinski definition) is 0. The van der Waals surface area contributed by atoms with E-state index in [1.54, 1.807) is 24.3 Å². The molecule has 0 saturated heterocycles. The van der Waals surface area contributed by atoms with E-state index in [0.717, 1.165) is 16.3 Å².